The van der Waals surface area contributed by atoms with E-state index in [0.717, 1.165) is 19.3 Å². The first kappa shape index (κ1) is 21.4. The molecule has 2 heterocycles. The number of benzene rings is 1. The summed E-state index contributed by atoms with van der Waals surface area (Å²) >= 11 is 0. The molecular formula is C20H25F3N2O4S. The van der Waals surface area contributed by atoms with Gasteiger partial charge in [-0.15, -0.1) is 13.2 Å². The molecule has 0 N–H and O–H groups in total. The number of carbonyl (C=O) groups excluding carboxylic acids is 1. The number of hydrogen-bond donors (Lipinski definition) is 0. The lowest BCUT2D eigenvalue weighted by Gasteiger charge is -2.38. The SMILES string of the molecule is O=C1N(c2ccc(OC(F)(F)F)cc2)CCC12CCN(S(=O)(=O)CC1CCC1)CC2. The molecule has 4 rings (SSSR count). The maximum Gasteiger partial charge on any atom is 0.573 e. The van der Waals surface area contributed by atoms with Crippen LogP contribution in [0.4, 0.5) is 18.9 Å². The Bertz CT molecular complexity index is 890. The Hall–Kier alpha value is -1.81. The molecule has 10 heteroatoms. The van der Waals surface area contributed by atoms with Crippen LogP contribution in [0.5, 0.6) is 5.75 Å². The topological polar surface area (TPSA) is 66.9 Å². The number of ether oxygens (including phenoxy) is 1. The average molecular weight is 446 g/mol. The lowest BCUT2D eigenvalue weighted by Crippen LogP contribution is -2.48. The zero-order chi connectivity index (χ0) is 21.6. The van der Waals surface area contributed by atoms with E-state index < -0.39 is 21.8 Å². The molecule has 166 valence electrons. The second-order valence-electron chi connectivity index (χ2n) is 8.50. The largest absolute Gasteiger partial charge is 0.573 e. The molecule has 3 fully saturated rings. The Balaban J connectivity index is 1.38. The van der Waals surface area contributed by atoms with Crippen molar-refractivity contribution in [2.24, 2.45) is 11.3 Å². The van der Waals surface area contributed by atoms with Crippen LogP contribution < -0.4 is 9.64 Å². The molecule has 1 amide bonds. The standard InChI is InChI=1S/C20H25F3N2O4S/c21-20(22,23)29-17-6-4-16(5-7-17)25-13-10-19(18(25)26)8-11-24(12-9-19)30(27,28)14-15-2-1-3-15/h4-7,15H,1-3,8-14H2. The Morgan fingerprint density at radius 1 is 1.03 bits per heavy atom. The summed E-state index contributed by atoms with van der Waals surface area (Å²) < 4.78 is 67.6. The first-order valence-electron chi connectivity index (χ1n) is 10.2. The number of halogens is 3. The van der Waals surface area contributed by atoms with E-state index in [4.69, 9.17) is 0 Å². The molecule has 2 aliphatic heterocycles. The molecule has 30 heavy (non-hydrogen) atoms. The van der Waals surface area contributed by atoms with Crippen molar-refractivity contribution in [1.82, 2.24) is 4.31 Å². The van der Waals surface area contributed by atoms with Crippen molar-refractivity contribution in [3.8, 4) is 5.75 Å². The van der Waals surface area contributed by atoms with Gasteiger partial charge in [0.2, 0.25) is 15.9 Å². The highest BCUT2D eigenvalue weighted by atomic mass is 32.2. The van der Waals surface area contributed by atoms with Crippen LogP contribution in [0.2, 0.25) is 0 Å². The maximum atomic E-state index is 13.1. The van der Waals surface area contributed by atoms with Crippen molar-refractivity contribution in [2.45, 2.75) is 44.9 Å². The number of nitrogens with zero attached hydrogens (tertiary/aromatic N) is 2. The number of anilines is 1. The Morgan fingerprint density at radius 3 is 2.17 bits per heavy atom. The van der Waals surface area contributed by atoms with Crippen LogP contribution in [-0.2, 0) is 14.8 Å². The molecule has 0 atom stereocenters. The smallest absolute Gasteiger partial charge is 0.406 e. The van der Waals surface area contributed by atoms with Gasteiger partial charge in [0.05, 0.1) is 11.2 Å². The minimum absolute atomic E-state index is 0.0805. The van der Waals surface area contributed by atoms with Crippen LogP contribution in [-0.4, -0.2) is 50.4 Å². The van der Waals surface area contributed by atoms with Crippen LogP contribution in [0, 0.1) is 11.3 Å². The van der Waals surface area contributed by atoms with Gasteiger partial charge < -0.3 is 9.64 Å². The number of hydrogen-bond acceptors (Lipinski definition) is 4. The van der Waals surface area contributed by atoms with E-state index in [1.165, 1.54) is 28.6 Å². The predicted molar refractivity (Wildman–Crippen MR) is 104 cm³/mol. The lowest BCUT2D eigenvalue weighted by molar-refractivity contribution is -0.274. The highest BCUT2D eigenvalue weighted by molar-refractivity contribution is 7.89. The fourth-order valence-electron chi connectivity index (χ4n) is 4.61. The third-order valence-electron chi connectivity index (χ3n) is 6.64. The minimum atomic E-state index is -4.76. The zero-order valence-electron chi connectivity index (χ0n) is 16.5. The quantitative estimate of drug-likeness (QED) is 0.694. The molecule has 1 aromatic carbocycles. The first-order chi connectivity index (χ1) is 14.1. The van der Waals surface area contributed by atoms with Gasteiger partial charge in [-0.05, 0) is 62.3 Å². The highest BCUT2D eigenvalue weighted by Crippen LogP contribution is 2.44. The third kappa shape index (κ3) is 4.30. The molecule has 0 unspecified atom stereocenters. The van der Waals surface area contributed by atoms with Gasteiger partial charge in [0.15, 0.2) is 0 Å². The molecule has 1 aromatic rings. The van der Waals surface area contributed by atoms with Gasteiger partial charge in [0.1, 0.15) is 5.75 Å². The number of sulfonamides is 1. The summed E-state index contributed by atoms with van der Waals surface area (Å²) in [6.07, 6.45) is -0.167. The highest BCUT2D eigenvalue weighted by Gasteiger charge is 2.50. The molecule has 6 nitrogen and oxygen atoms in total. The summed E-state index contributed by atoms with van der Waals surface area (Å²) in [5, 5.41) is 0. The van der Waals surface area contributed by atoms with Gasteiger partial charge in [-0.25, -0.2) is 12.7 Å². The van der Waals surface area contributed by atoms with Crippen molar-refractivity contribution in [2.75, 3.05) is 30.3 Å². The second-order valence-corrected chi connectivity index (χ2v) is 10.5. The van der Waals surface area contributed by atoms with Gasteiger partial charge in [-0.3, -0.25) is 4.79 Å². The van der Waals surface area contributed by atoms with Crippen molar-refractivity contribution in [3.63, 3.8) is 0 Å². The summed E-state index contributed by atoms with van der Waals surface area (Å²) in [6.45, 7) is 1.15. The van der Waals surface area contributed by atoms with Crippen molar-refractivity contribution in [1.29, 1.82) is 0 Å². The van der Waals surface area contributed by atoms with Gasteiger partial charge in [-0.1, -0.05) is 6.42 Å². The van der Waals surface area contributed by atoms with E-state index in [0.29, 0.717) is 44.6 Å². The fraction of sp³-hybridized carbons (Fsp3) is 0.650. The van der Waals surface area contributed by atoms with Gasteiger partial charge >= 0.3 is 6.36 Å². The van der Waals surface area contributed by atoms with Gasteiger partial charge in [-0.2, -0.15) is 0 Å². The first-order valence-corrected chi connectivity index (χ1v) is 11.8. The Kier molecular flexibility index (Phi) is 5.50. The monoisotopic (exact) mass is 446 g/mol. The molecule has 3 aliphatic rings. The number of piperidine rings is 1. The van der Waals surface area contributed by atoms with E-state index in [1.807, 2.05) is 0 Å². The predicted octanol–water partition coefficient (Wildman–Crippen LogP) is 3.53. The molecule has 0 aromatic heterocycles. The van der Waals surface area contributed by atoms with E-state index in [-0.39, 0.29) is 23.3 Å². The van der Waals surface area contributed by atoms with Crippen LogP contribution in [0.15, 0.2) is 24.3 Å². The molecule has 1 spiro atoms. The second kappa shape index (κ2) is 7.71. The molecule has 1 saturated carbocycles. The van der Waals surface area contributed by atoms with E-state index in [9.17, 15) is 26.4 Å². The average Bonchev–Trinajstić information content (AvgIpc) is 2.95. The molecule has 0 bridgehead atoms. The van der Waals surface area contributed by atoms with Crippen molar-refractivity contribution >= 4 is 21.6 Å². The maximum absolute atomic E-state index is 13.1. The van der Waals surface area contributed by atoms with Crippen LogP contribution >= 0.6 is 0 Å². The summed E-state index contributed by atoms with van der Waals surface area (Å²) in [5.74, 6) is 0.0475. The normalized spacial score (nSPS) is 23.0. The number of amides is 1. The minimum Gasteiger partial charge on any atom is -0.406 e. The van der Waals surface area contributed by atoms with E-state index in [2.05, 4.69) is 4.74 Å². The van der Waals surface area contributed by atoms with Crippen molar-refractivity contribution in [3.05, 3.63) is 24.3 Å². The van der Waals surface area contributed by atoms with Gasteiger partial charge in [0, 0.05) is 25.3 Å². The van der Waals surface area contributed by atoms with E-state index in [1.54, 1.807) is 4.90 Å². The number of rotatable bonds is 5. The lowest BCUT2D eigenvalue weighted by atomic mass is 9.77. The summed E-state index contributed by atoms with van der Waals surface area (Å²) in [5.41, 5.74) is -0.0738. The molecule has 2 saturated heterocycles. The molecule has 0 radical (unpaired) electrons. The van der Waals surface area contributed by atoms with Crippen molar-refractivity contribution < 1.29 is 31.1 Å². The summed E-state index contributed by atoms with van der Waals surface area (Å²) in [7, 11) is -3.29. The number of alkyl halides is 3. The summed E-state index contributed by atoms with van der Waals surface area (Å²) in [4.78, 5) is 14.7. The molecular weight excluding hydrogens is 421 g/mol. The van der Waals surface area contributed by atoms with Crippen LogP contribution in [0.3, 0.4) is 0 Å². The van der Waals surface area contributed by atoms with Crippen LogP contribution in [0.25, 0.3) is 0 Å². The van der Waals surface area contributed by atoms with Crippen LogP contribution in [0.1, 0.15) is 38.5 Å². The number of carbonyl (C=O) groups is 1. The zero-order valence-corrected chi connectivity index (χ0v) is 17.3. The van der Waals surface area contributed by atoms with Gasteiger partial charge in [0.25, 0.3) is 0 Å². The summed E-state index contributed by atoms with van der Waals surface area (Å²) in [6, 6.07) is 5.26. The van der Waals surface area contributed by atoms with E-state index >= 15 is 0 Å². The molecule has 1 aliphatic carbocycles. The Morgan fingerprint density at radius 2 is 1.63 bits per heavy atom. The Labute approximate surface area is 174 Å². The fourth-order valence-corrected chi connectivity index (χ4v) is 6.49. The third-order valence-corrected chi connectivity index (χ3v) is 8.68.